The Hall–Kier alpha value is -3.66. The molecule has 0 N–H and O–H groups in total. The van der Waals surface area contributed by atoms with Gasteiger partial charge in [0.2, 0.25) is 12.5 Å². The fraction of sp³-hybridized carbons (Fsp3) is 0.364. The molecule has 0 radical (unpaired) electrons. The molecule has 0 unspecified atom stereocenters. The third-order valence-electron chi connectivity index (χ3n) is 5.76. The maximum atomic E-state index is 12.0. The Kier molecular flexibility index (Phi) is 5.14. The van der Waals surface area contributed by atoms with Crippen molar-refractivity contribution in [1.82, 2.24) is 25.1 Å². The summed E-state index contributed by atoms with van der Waals surface area (Å²) in [6.45, 7) is 3.08. The maximum absolute atomic E-state index is 12.0. The number of nitrogens with zero attached hydrogens (tertiary/aromatic N) is 5. The quantitative estimate of drug-likeness (QED) is 0.556. The van der Waals surface area contributed by atoms with Gasteiger partial charge in [-0.15, -0.1) is 5.10 Å². The van der Waals surface area contributed by atoms with Crippen LogP contribution in [0, 0.1) is 0 Å². The van der Waals surface area contributed by atoms with Crippen molar-refractivity contribution in [3.8, 4) is 22.9 Å². The lowest BCUT2D eigenvalue weighted by Crippen LogP contribution is -2.35. The monoisotopic (exact) mass is 437 g/mol. The van der Waals surface area contributed by atoms with Crippen molar-refractivity contribution in [3.05, 3.63) is 52.8 Å². The highest BCUT2D eigenvalue weighted by molar-refractivity contribution is 5.89. The standard InChI is InChI=1S/C22H23N5O5/c1-4-30-22(28)13-5-7-15(8-6-13)27-21(23-24-25-27)18-17-14(9-10-26(18)2)11-16-19(20(17)29-3)32-12-31-16/h5-8,11,18H,4,9-10,12H2,1-3H3/t18-/m1/s1. The third-order valence-corrected chi connectivity index (χ3v) is 5.76. The molecule has 0 aliphatic carbocycles. The topological polar surface area (TPSA) is 101 Å². The first kappa shape index (κ1) is 20.3. The number of likely N-dealkylation sites (N-methyl/N-ethyl adjacent to an activating group) is 1. The van der Waals surface area contributed by atoms with Crippen LogP contribution in [-0.2, 0) is 11.2 Å². The summed E-state index contributed by atoms with van der Waals surface area (Å²) < 4.78 is 23.8. The Balaban J connectivity index is 1.58. The van der Waals surface area contributed by atoms with E-state index in [2.05, 4.69) is 20.4 Å². The lowest BCUT2D eigenvalue weighted by atomic mass is 9.90. The Morgan fingerprint density at radius 2 is 2.06 bits per heavy atom. The first-order valence-electron chi connectivity index (χ1n) is 10.4. The molecule has 2 aromatic carbocycles. The fourth-order valence-electron chi connectivity index (χ4n) is 4.26. The molecule has 1 aromatic heterocycles. The molecule has 0 bridgehead atoms. The second-order valence-electron chi connectivity index (χ2n) is 7.57. The molecule has 166 valence electrons. The van der Waals surface area contributed by atoms with Crippen LogP contribution in [0.15, 0.2) is 30.3 Å². The van der Waals surface area contributed by atoms with Gasteiger partial charge in [0.15, 0.2) is 17.3 Å². The summed E-state index contributed by atoms with van der Waals surface area (Å²) in [5.41, 5.74) is 3.28. The fourth-order valence-corrected chi connectivity index (χ4v) is 4.26. The van der Waals surface area contributed by atoms with Gasteiger partial charge < -0.3 is 18.9 Å². The van der Waals surface area contributed by atoms with Crippen molar-refractivity contribution in [1.29, 1.82) is 0 Å². The Bertz CT molecular complexity index is 1160. The van der Waals surface area contributed by atoms with E-state index in [1.165, 1.54) is 0 Å². The van der Waals surface area contributed by atoms with Gasteiger partial charge in [0.25, 0.3) is 0 Å². The third kappa shape index (κ3) is 3.23. The van der Waals surface area contributed by atoms with Gasteiger partial charge >= 0.3 is 5.97 Å². The number of carbonyl (C=O) groups is 1. The molecule has 0 saturated carbocycles. The molecular weight excluding hydrogens is 414 g/mol. The Morgan fingerprint density at radius 3 is 2.81 bits per heavy atom. The molecule has 32 heavy (non-hydrogen) atoms. The van der Waals surface area contributed by atoms with E-state index in [9.17, 15) is 4.79 Å². The van der Waals surface area contributed by atoms with E-state index in [1.807, 2.05) is 13.1 Å². The summed E-state index contributed by atoms with van der Waals surface area (Å²) in [5, 5.41) is 12.5. The number of hydrogen-bond donors (Lipinski definition) is 0. The largest absolute Gasteiger partial charge is 0.492 e. The normalized spacial score (nSPS) is 17.2. The minimum Gasteiger partial charge on any atom is -0.492 e. The lowest BCUT2D eigenvalue weighted by Gasteiger charge is -2.34. The number of benzene rings is 2. The van der Waals surface area contributed by atoms with E-state index >= 15 is 0 Å². The SMILES string of the molecule is CCOC(=O)c1ccc(-n2nnnc2[C@H]2c3c(cc4c(c3OC)OCO4)CCN2C)cc1. The molecule has 3 aromatic rings. The van der Waals surface area contributed by atoms with Crippen LogP contribution in [0.4, 0.5) is 0 Å². The average molecular weight is 437 g/mol. The number of ether oxygens (including phenoxy) is 4. The number of rotatable bonds is 5. The van der Waals surface area contributed by atoms with Gasteiger partial charge in [0.05, 0.1) is 25.0 Å². The van der Waals surface area contributed by atoms with Crippen LogP contribution in [0.5, 0.6) is 17.2 Å². The highest BCUT2D eigenvalue weighted by Crippen LogP contribution is 2.50. The predicted molar refractivity (Wildman–Crippen MR) is 112 cm³/mol. The zero-order valence-electron chi connectivity index (χ0n) is 18.1. The van der Waals surface area contributed by atoms with Gasteiger partial charge in [-0.05, 0) is 66.7 Å². The van der Waals surface area contributed by atoms with Crippen LogP contribution in [0.3, 0.4) is 0 Å². The van der Waals surface area contributed by atoms with Gasteiger partial charge in [0.1, 0.15) is 6.04 Å². The van der Waals surface area contributed by atoms with Gasteiger partial charge in [0, 0.05) is 12.1 Å². The van der Waals surface area contributed by atoms with E-state index in [0.29, 0.717) is 35.2 Å². The smallest absolute Gasteiger partial charge is 0.338 e. The molecule has 3 heterocycles. The van der Waals surface area contributed by atoms with Crippen molar-refractivity contribution in [2.45, 2.75) is 19.4 Å². The van der Waals surface area contributed by atoms with Crippen molar-refractivity contribution in [2.24, 2.45) is 0 Å². The highest BCUT2D eigenvalue weighted by atomic mass is 16.7. The van der Waals surface area contributed by atoms with Crippen LogP contribution in [0.1, 0.15) is 40.3 Å². The van der Waals surface area contributed by atoms with Gasteiger partial charge in [-0.1, -0.05) is 0 Å². The molecule has 0 spiro atoms. The summed E-state index contributed by atoms with van der Waals surface area (Å²) in [7, 11) is 3.65. The van der Waals surface area contributed by atoms with Gasteiger partial charge in [-0.2, -0.15) is 4.68 Å². The minimum absolute atomic E-state index is 0.166. The van der Waals surface area contributed by atoms with Crippen LogP contribution in [0.2, 0.25) is 0 Å². The number of fused-ring (bicyclic) bond motifs is 2. The summed E-state index contributed by atoms with van der Waals surface area (Å²) in [4.78, 5) is 14.2. The van der Waals surface area contributed by atoms with E-state index in [0.717, 1.165) is 29.8 Å². The second kappa shape index (κ2) is 8.12. The Morgan fingerprint density at radius 1 is 1.25 bits per heavy atom. The maximum Gasteiger partial charge on any atom is 0.338 e. The van der Waals surface area contributed by atoms with Crippen LogP contribution in [0.25, 0.3) is 5.69 Å². The molecule has 5 rings (SSSR count). The first-order valence-corrected chi connectivity index (χ1v) is 10.4. The van der Waals surface area contributed by atoms with Crippen molar-refractivity contribution < 1.29 is 23.7 Å². The number of hydrogen-bond acceptors (Lipinski definition) is 9. The van der Waals surface area contributed by atoms with Crippen LogP contribution in [-0.4, -0.2) is 65.2 Å². The molecule has 1 atom stereocenters. The van der Waals surface area contributed by atoms with Crippen molar-refractivity contribution in [2.75, 3.05) is 34.1 Å². The molecule has 10 nitrogen and oxygen atoms in total. The zero-order valence-corrected chi connectivity index (χ0v) is 18.1. The molecule has 10 heteroatoms. The summed E-state index contributed by atoms with van der Waals surface area (Å²) >= 11 is 0. The van der Waals surface area contributed by atoms with Crippen molar-refractivity contribution >= 4 is 5.97 Å². The highest BCUT2D eigenvalue weighted by Gasteiger charge is 2.37. The number of esters is 1. The molecule has 0 fully saturated rings. The summed E-state index contributed by atoms with van der Waals surface area (Å²) in [5.74, 6) is 2.20. The van der Waals surface area contributed by atoms with E-state index in [-0.39, 0.29) is 18.8 Å². The number of methoxy groups -OCH3 is 1. The molecule has 2 aliphatic heterocycles. The minimum atomic E-state index is -0.363. The predicted octanol–water partition coefficient (Wildman–Crippen LogP) is 2.15. The van der Waals surface area contributed by atoms with Gasteiger partial charge in [-0.25, -0.2) is 4.79 Å². The van der Waals surface area contributed by atoms with E-state index in [4.69, 9.17) is 18.9 Å². The first-order chi connectivity index (χ1) is 15.6. The molecular formula is C22H23N5O5. The van der Waals surface area contributed by atoms with Crippen LogP contribution < -0.4 is 14.2 Å². The average Bonchev–Trinajstić information content (AvgIpc) is 3.47. The second-order valence-corrected chi connectivity index (χ2v) is 7.57. The van der Waals surface area contributed by atoms with E-state index < -0.39 is 0 Å². The number of aromatic nitrogens is 4. The Labute approximate surface area is 184 Å². The summed E-state index contributed by atoms with van der Waals surface area (Å²) in [6.07, 6.45) is 0.838. The molecule has 0 saturated heterocycles. The zero-order chi connectivity index (χ0) is 22.2. The summed E-state index contributed by atoms with van der Waals surface area (Å²) in [6, 6.07) is 8.76. The molecule has 0 amide bonds. The van der Waals surface area contributed by atoms with E-state index in [1.54, 1.807) is 43.0 Å². The van der Waals surface area contributed by atoms with Crippen molar-refractivity contribution in [3.63, 3.8) is 0 Å². The lowest BCUT2D eigenvalue weighted by molar-refractivity contribution is 0.0526. The molecule has 2 aliphatic rings. The number of carbonyl (C=O) groups excluding carboxylic acids is 1. The van der Waals surface area contributed by atoms with Crippen LogP contribution >= 0.6 is 0 Å². The number of tetrazole rings is 1. The van der Waals surface area contributed by atoms with Gasteiger partial charge in [-0.3, -0.25) is 4.90 Å².